The van der Waals surface area contributed by atoms with Crippen LogP contribution in [0.5, 0.6) is 0 Å². The summed E-state index contributed by atoms with van der Waals surface area (Å²) in [5.41, 5.74) is 3.27. The van der Waals surface area contributed by atoms with Gasteiger partial charge in [-0.05, 0) is 13.0 Å². The molecule has 0 amide bonds. The minimum atomic E-state index is 0.0395. The second-order valence-corrected chi connectivity index (χ2v) is 9.21. The van der Waals surface area contributed by atoms with Gasteiger partial charge < -0.3 is 9.80 Å². The number of hydrogen-bond donors (Lipinski definition) is 0. The average Bonchev–Trinajstić information content (AvgIpc) is 3.32. The highest BCUT2D eigenvalue weighted by molar-refractivity contribution is 5.69. The van der Waals surface area contributed by atoms with Crippen LogP contribution in [0.25, 0.3) is 5.52 Å². The van der Waals surface area contributed by atoms with E-state index in [2.05, 4.69) is 62.8 Å². The first kappa shape index (κ1) is 17.4. The Morgan fingerprint density at radius 3 is 2.36 bits per heavy atom. The molecular weight excluding hydrogens is 350 g/mol. The summed E-state index contributed by atoms with van der Waals surface area (Å²) < 4.78 is 1.94. The number of aromatic nitrogens is 5. The molecule has 2 atom stereocenters. The fourth-order valence-electron chi connectivity index (χ4n) is 4.56. The van der Waals surface area contributed by atoms with Crippen molar-refractivity contribution in [3.63, 3.8) is 0 Å². The molecule has 5 heterocycles. The SMILES string of the molecule is Cc1cc2c(N3CC4CN(c5cc(C(C)(C)C)ncn5)CC4C3)nccn2n1. The van der Waals surface area contributed by atoms with Gasteiger partial charge in [0.15, 0.2) is 5.82 Å². The Bertz CT molecular complexity index is 1010. The first-order valence-corrected chi connectivity index (χ1v) is 10.0. The predicted molar refractivity (Wildman–Crippen MR) is 110 cm³/mol. The van der Waals surface area contributed by atoms with E-state index in [4.69, 9.17) is 0 Å². The average molecular weight is 377 g/mol. The lowest BCUT2D eigenvalue weighted by Crippen LogP contribution is -2.30. The zero-order valence-electron chi connectivity index (χ0n) is 17.0. The smallest absolute Gasteiger partial charge is 0.154 e. The fourth-order valence-corrected chi connectivity index (χ4v) is 4.56. The summed E-state index contributed by atoms with van der Waals surface area (Å²) in [6.07, 6.45) is 5.49. The van der Waals surface area contributed by atoms with E-state index >= 15 is 0 Å². The number of anilines is 2. The third-order valence-electron chi connectivity index (χ3n) is 6.02. The zero-order valence-corrected chi connectivity index (χ0v) is 17.0. The van der Waals surface area contributed by atoms with Gasteiger partial charge in [-0.2, -0.15) is 5.10 Å². The van der Waals surface area contributed by atoms with Gasteiger partial charge in [0, 0.05) is 61.9 Å². The van der Waals surface area contributed by atoms with Gasteiger partial charge in [-0.3, -0.25) is 0 Å². The molecule has 7 heteroatoms. The molecular formula is C21H27N7. The zero-order chi connectivity index (χ0) is 19.5. The van der Waals surface area contributed by atoms with Crippen molar-refractivity contribution < 1.29 is 0 Å². The minimum absolute atomic E-state index is 0.0395. The van der Waals surface area contributed by atoms with Crippen LogP contribution in [-0.4, -0.2) is 50.7 Å². The number of aryl methyl sites for hydroxylation is 1. The molecule has 0 spiro atoms. The Hall–Kier alpha value is -2.70. The van der Waals surface area contributed by atoms with Crippen LogP contribution in [0.2, 0.25) is 0 Å². The molecule has 0 aliphatic carbocycles. The molecule has 7 nitrogen and oxygen atoms in total. The van der Waals surface area contributed by atoms with Gasteiger partial charge in [0.1, 0.15) is 17.7 Å². The van der Waals surface area contributed by atoms with E-state index < -0.39 is 0 Å². The maximum atomic E-state index is 4.68. The summed E-state index contributed by atoms with van der Waals surface area (Å²) in [7, 11) is 0. The topological polar surface area (TPSA) is 62.5 Å². The van der Waals surface area contributed by atoms with Crippen LogP contribution in [0, 0.1) is 18.8 Å². The van der Waals surface area contributed by atoms with Crippen molar-refractivity contribution in [1.29, 1.82) is 0 Å². The van der Waals surface area contributed by atoms with Crippen LogP contribution in [0.15, 0.2) is 30.9 Å². The molecule has 2 saturated heterocycles. The highest BCUT2D eigenvalue weighted by Gasteiger charge is 2.41. The largest absolute Gasteiger partial charge is 0.356 e. The molecule has 2 aliphatic heterocycles. The fraction of sp³-hybridized carbons (Fsp3) is 0.524. The van der Waals surface area contributed by atoms with Gasteiger partial charge >= 0.3 is 0 Å². The van der Waals surface area contributed by atoms with Crippen molar-refractivity contribution in [3.05, 3.63) is 42.2 Å². The van der Waals surface area contributed by atoms with Crippen molar-refractivity contribution in [3.8, 4) is 0 Å². The Balaban J connectivity index is 1.34. The highest BCUT2D eigenvalue weighted by Crippen LogP contribution is 2.36. The van der Waals surface area contributed by atoms with Crippen LogP contribution in [0.3, 0.4) is 0 Å². The van der Waals surface area contributed by atoms with E-state index in [0.29, 0.717) is 11.8 Å². The van der Waals surface area contributed by atoms with Crippen molar-refractivity contribution in [1.82, 2.24) is 24.6 Å². The lowest BCUT2D eigenvalue weighted by atomic mass is 9.92. The van der Waals surface area contributed by atoms with Gasteiger partial charge in [-0.15, -0.1) is 0 Å². The Morgan fingerprint density at radius 2 is 1.64 bits per heavy atom. The van der Waals surface area contributed by atoms with Crippen LogP contribution >= 0.6 is 0 Å². The van der Waals surface area contributed by atoms with E-state index in [-0.39, 0.29) is 5.41 Å². The summed E-state index contributed by atoms with van der Waals surface area (Å²) >= 11 is 0. The monoisotopic (exact) mass is 377 g/mol. The minimum Gasteiger partial charge on any atom is -0.356 e. The van der Waals surface area contributed by atoms with Gasteiger partial charge in [-0.25, -0.2) is 19.5 Å². The van der Waals surface area contributed by atoms with Crippen molar-refractivity contribution in [2.45, 2.75) is 33.1 Å². The third kappa shape index (κ3) is 2.89. The van der Waals surface area contributed by atoms with Crippen molar-refractivity contribution in [2.75, 3.05) is 36.0 Å². The number of nitrogens with zero attached hydrogens (tertiary/aromatic N) is 7. The molecule has 0 saturated carbocycles. The molecule has 0 radical (unpaired) electrons. The first-order chi connectivity index (χ1) is 13.4. The second kappa shape index (κ2) is 6.15. The maximum absolute atomic E-state index is 4.68. The van der Waals surface area contributed by atoms with Crippen molar-refractivity contribution in [2.24, 2.45) is 11.8 Å². The molecule has 2 aliphatic rings. The highest BCUT2D eigenvalue weighted by atomic mass is 15.3. The molecule has 0 bridgehead atoms. The number of fused-ring (bicyclic) bond motifs is 2. The summed E-state index contributed by atoms with van der Waals surface area (Å²) in [5.74, 6) is 3.40. The summed E-state index contributed by atoms with van der Waals surface area (Å²) in [4.78, 5) is 18.6. The van der Waals surface area contributed by atoms with Gasteiger partial charge in [0.25, 0.3) is 0 Å². The number of hydrogen-bond acceptors (Lipinski definition) is 6. The molecule has 0 aromatic carbocycles. The first-order valence-electron chi connectivity index (χ1n) is 10.0. The summed E-state index contributed by atoms with van der Waals surface area (Å²) in [6.45, 7) is 12.8. The van der Waals surface area contributed by atoms with Crippen molar-refractivity contribution >= 4 is 17.2 Å². The van der Waals surface area contributed by atoms with E-state index in [1.807, 2.05) is 23.8 Å². The van der Waals surface area contributed by atoms with E-state index in [0.717, 1.165) is 54.7 Å². The summed E-state index contributed by atoms with van der Waals surface area (Å²) in [6, 6.07) is 4.29. The normalized spacial score (nSPS) is 22.3. The molecule has 3 aromatic rings. The second-order valence-electron chi connectivity index (χ2n) is 9.21. The molecule has 0 N–H and O–H groups in total. The molecule has 2 unspecified atom stereocenters. The molecule has 5 rings (SSSR count). The molecule has 3 aromatic heterocycles. The van der Waals surface area contributed by atoms with E-state index in [1.165, 1.54) is 0 Å². The molecule has 2 fully saturated rings. The molecule has 28 heavy (non-hydrogen) atoms. The Labute approximate surface area is 165 Å². The number of rotatable bonds is 2. The third-order valence-corrected chi connectivity index (χ3v) is 6.02. The van der Waals surface area contributed by atoms with Crippen LogP contribution in [0.4, 0.5) is 11.6 Å². The lowest BCUT2D eigenvalue weighted by Gasteiger charge is -2.24. The van der Waals surface area contributed by atoms with Gasteiger partial charge in [0.2, 0.25) is 0 Å². The standard InChI is InChI=1S/C21H27N7/c1-14-7-17-20(22-5-6-28(17)25-14)27-11-15-9-26(10-16(15)12-27)19-8-18(21(2,3)4)23-13-24-19/h5-8,13,15-16H,9-12H2,1-4H3. The van der Waals surface area contributed by atoms with Gasteiger partial charge in [-0.1, -0.05) is 20.8 Å². The van der Waals surface area contributed by atoms with Crippen LogP contribution in [-0.2, 0) is 5.41 Å². The quantitative estimate of drug-likeness (QED) is 0.684. The van der Waals surface area contributed by atoms with Crippen LogP contribution < -0.4 is 9.80 Å². The Morgan fingerprint density at radius 1 is 0.929 bits per heavy atom. The summed E-state index contributed by atoms with van der Waals surface area (Å²) in [5, 5.41) is 4.52. The predicted octanol–water partition coefficient (Wildman–Crippen LogP) is 2.70. The van der Waals surface area contributed by atoms with Gasteiger partial charge in [0.05, 0.1) is 11.4 Å². The van der Waals surface area contributed by atoms with Crippen LogP contribution in [0.1, 0.15) is 32.2 Å². The van der Waals surface area contributed by atoms with E-state index in [1.54, 1.807) is 6.33 Å². The molecule has 146 valence electrons. The lowest BCUT2D eigenvalue weighted by molar-refractivity contribution is 0.533. The Kier molecular flexibility index (Phi) is 3.82. The maximum Gasteiger partial charge on any atom is 0.154 e. The van der Waals surface area contributed by atoms with E-state index in [9.17, 15) is 0 Å².